The van der Waals surface area contributed by atoms with Crippen LogP contribution in [0.3, 0.4) is 0 Å². The van der Waals surface area contributed by atoms with Crippen molar-refractivity contribution in [1.82, 2.24) is 15.5 Å². The average molecular weight is 345 g/mol. The third-order valence-corrected chi connectivity index (χ3v) is 4.07. The molecule has 9 nitrogen and oxygen atoms in total. The van der Waals surface area contributed by atoms with E-state index in [4.69, 9.17) is 9.63 Å². The van der Waals surface area contributed by atoms with E-state index in [1.165, 1.54) is 12.6 Å². The van der Waals surface area contributed by atoms with E-state index >= 15 is 0 Å². The van der Waals surface area contributed by atoms with Crippen LogP contribution in [-0.2, 0) is 9.59 Å². The van der Waals surface area contributed by atoms with Gasteiger partial charge in [-0.1, -0.05) is 35.1 Å². The number of carboxylic acid groups (broad SMARTS) is 1. The molecular weight excluding hydrogens is 334 g/mol. The molecule has 1 unspecified atom stereocenters. The van der Waals surface area contributed by atoms with E-state index in [1.54, 1.807) is 0 Å². The van der Waals surface area contributed by atoms with Crippen molar-refractivity contribution in [3.05, 3.63) is 36.2 Å². The van der Waals surface area contributed by atoms with E-state index in [9.17, 15) is 9.59 Å². The summed E-state index contributed by atoms with van der Waals surface area (Å²) in [5.74, 6) is -0.951. The molecule has 1 aromatic heterocycles. The standard InChI is InChI=1S/C14H11N5O4S/c20-11(21)5-10-13(22)17-14(24-10)18-16-6-8-2-1-3-9(4-8)12-15-7-23-19-12/h1-4,6-7,10H,5H2,(H,20,21)(H,17,18,22). The number of thioether (sulfide) groups is 1. The van der Waals surface area contributed by atoms with Crippen LogP contribution in [0.2, 0.25) is 0 Å². The number of amidine groups is 1. The molecule has 1 amide bonds. The van der Waals surface area contributed by atoms with Crippen molar-refractivity contribution in [2.45, 2.75) is 11.7 Å². The Hall–Kier alpha value is -3.01. The fraction of sp³-hybridized carbons (Fsp3) is 0.143. The Kier molecular flexibility index (Phi) is 4.66. The third-order valence-electron chi connectivity index (χ3n) is 3.00. The Labute approximate surface area is 139 Å². The molecular formula is C14H11N5O4S. The van der Waals surface area contributed by atoms with Gasteiger partial charge in [-0.05, 0) is 11.6 Å². The molecule has 2 heterocycles. The first-order chi connectivity index (χ1) is 11.6. The van der Waals surface area contributed by atoms with E-state index in [2.05, 4.69) is 25.7 Å². The van der Waals surface area contributed by atoms with Gasteiger partial charge in [0.05, 0.1) is 12.6 Å². The molecule has 2 aromatic rings. The van der Waals surface area contributed by atoms with Gasteiger partial charge in [0.15, 0.2) is 5.17 Å². The molecule has 0 radical (unpaired) electrons. The van der Waals surface area contributed by atoms with Crippen LogP contribution >= 0.6 is 11.8 Å². The summed E-state index contributed by atoms with van der Waals surface area (Å²) in [6.45, 7) is 0. The Balaban J connectivity index is 1.67. The van der Waals surface area contributed by atoms with Gasteiger partial charge in [-0.15, -0.1) is 5.10 Å². The van der Waals surface area contributed by atoms with E-state index in [0.29, 0.717) is 5.82 Å². The maximum atomic E-state index is 11.6. The predicted octanol–water partition coefficient (Wildman–Crippen LogP) is 1.13. The molecule has 1 aliphatic rings. The number of hydrogen-bond donors (Lipinski definition) is 2. The third kappa shape index (κ3) is 3.84. The van der Waals surface area contributed by atoms with Crippen molar-refractivity contribution in [2.24, 2.45) is 10.2 Å². The number of carbonyl (C=O) groups excluding carboxylic acids is 1. The summed E-state index contributed by atoms with van der Waals surface area (Å²) >= 11 is 1.05. The fourth-order valence-corrected chi connectivity index (χ4v) is 2.86. The minimum atomic E-state index is -1.04. The van der Waals surface area contributed by atoms with E-state index in [-0.39, 0.29) is 17.5 Å². The van der Waals surface area contributed by atoms with Gasteiger partial charge >= 0.3 is 5.97 Å². The summed E-state index contributed by atoms with van der Waals surface area (Å²) < 4.78 is 4.70. The van der Waals surface area contributed by atoms with Crippen LogP contribution in [0, 0.1) is 0 Å². The predicted molar refractivity (Wildman–Crippen MR) is 86.5 cm³/mol. The second-order valence-corrected chi connectivity index (χ2v) is 5.92. The molecule has 1 aromatic carbocycles. The zero-order valence-electron chi connectivity index (χ0n) is 12.1. The quantitative estimate of drug-likeness (QED) is 0.613. The maximum absolute atomic E-state index is 11.6. The molecule has 1 aliphatic heterocycles. The maximum Gasteiger partial charge on any atom is 0.305 e. The van der Waals surface area contributed by atoms with Crippen LogP contribution < -0.4 is 5.32 Å². The number of nitrogens with zero attached hydrogens (tertiary/aromatic N) is 4. The summed E-state index contributed by atoms with van der Waals surface area (Å²) in [5, 5.41) is 22.4. The number of benzene rings is 1. The van der Waals surface area contributed by atoms with Crippen molar-refractivity contribution in [3.8, 4) is 11.4 Å². The molecule has 1 atom stereocenters. The molecule has 0 aliphatic carbocycles. The second kappa shape index (κ2) is 7.04. The monoisotopic (exact) mass is 345 g/mol. The van der Waals surface area contributed by atoms with Crippen molar-refractivity contribution in [3.63, 3.8) is 0 Å². The average Bonchev–Trinajstić information content (AvgIpc) is 3.18. The van der Waals surface area contributed by atoms with Gasteiger partial charge in [0, 0.05) is 5.56 Å². The van der Waals surface area contributed by atoms with Gasteiger partial charge in [0.2, 0.25) is 18.1 Å². The number of nitrogens with one attached hydrogen (secondary N) is 1. The first-order valence-corrected chi connectivity index (χ1v) is 7.67. The van der Waals surface area contributed by atoms with E-state index in [0.717, 1.165) is 22.9 Å². The molecule has 10 heteroatoms. The van der Waals surface area contributed by atoms with Crippen LogP contribution in [0.15, 0.2) is 45.4 Å². The van der Waals surface area contributed by atoms with Crippen molar-refractivity contribution in [2.75, 3.05) is 0 Å². The fourth-order valence-electron chi connectivity index (χ4n) is 1.95. The molecule has 0 spiro atoms. The zero-order valence-corrected chi connectivity index (χ0v) is 12.9. The minimum Gasteiger partial charge on any atom is -0.481 e. The number of hydrogen-bond acceptors (Lipinski definition) is 8. The number of rotatable bonds is 5. The molecule has 24 heavy (non-hydrogen) atoms. The molecule has 1 fully saturated rings. The van der Waals surface area contributed by atoms with Gasteiger partial charge in [-0.2, -0.15) is 10.1 Å². The Morgan fingerprint density at radius 1 is 1.50 bits per heavy atom. The highest BCUT2D eigenvalue weighted by atomic mass is 32.2. The molecule has 2 N–H and O–H groups in total. The molecule has 0 saturated carbocycles. The summed E-state index contributed by atoms with van der Waals surface area (Å²) in [5.41, 5.74) is 1.53. The van der Waals surface area contributed by atoms with Crippen LogP contribution in [0.25, 0.3) is 11.4 Å². The van der Waals surface area contributed by atoms with E-state index in [1.807, 2.05) is 24.3 Å². The highest BCUT2D eigenvalue weighted by Crippen LogP contribution is 2.22. The Bertz CT molecular complexity index is 818. The van der Waals surface area contributed by atoms with Gasteiger partial charge in [0.25, 0.3) is 0 Å². The molecule has 122 valence electrons. The minimum absolute atomic E-state index is 0.258. The molecule has 1 saturated heterocycles. The summed E-state index contributed by atoms with van der Waals surface area (Å²) in [7, 11) is 0. The van der Waals surface area contributed by atoms with Gasteiger partial charge in [0.1, 0.15) is 5.25 Å². The largest absolute Gasteiger partial charge is 0.481 e. The summed E-state index contributed by atoms with van der Waals surface area (Å²) in [6.07, 6.45) is 2.50. The number of aromatic nitrogens is 2. The summed E-state index contributed by atoms with van der Waals surface area (Å²) in [6, 6.07) is 7.27. The lowest BCUT2D eigenvalue weighted by Crippen LogP contribution is -2.26. The van der Waals surface area contributed by atoms with E-state index < -0.39 is 11.2 Å². The molecule has 3 rings (SSSR count). The lowest BCUT2D eigenvalue weighted by atomic mass is 10.1. The normalized spacial score (nSPS) is 19.1. The van der Waals surface area contributed by atoms with Gasteiger partial charge < -0.3 is 14.9 Å². The number of carboxylic acids is 1. The lowest BCUT2D eigenvalue weighted by molar-refractivity contribution is -0.138. The molecule has 0 bridgehead atoms. The van der Waals surface area contributed by atoms with Crippen LogP contribution in [0.5, 0.6) is 0 Å². The Morgan fingerprint density at radius 3 is 3.12 bits per heavy atom. The van der Waals surface area contributed by atoms with Gasteiger partial charge in [-0.3, -0.25) is 9.59 Å². The zero-order chi connectivity index (χ0) is 16.9. The van der Waals surface area contributed by atoms with Crippen LogP contribution in [0.4, 0.5) is 0 Å². The number of amides is 1. The second-order valence-electron chi connectivity index (χ2n) is 4.72. The topological polar surface area (TPSA) is 130 Å². The first kappa shape index (κ1) is 15.9. The summed E-state index contributed by atoms with van der Waals surface area (Å²) in [4.78, 5) is 26.2. The van der Waals surface area contributed by atoms with Crippen LogP contribution in [0.1, 0.15) is 12.0 Å². The highest BCUT2D eigenvalue weighted by Gasteiger charge is 2.32. The smallest absolute Gasteiger partial charge is 0.305 e. The lowest BCUT2D eigenvalue weighted by Gasteiger charge is -1.98. The van der Waals surface area contributed by atoms with Crippen LogP contribution in [-0.4, -0.2) is 43.8 Å². The highest BCUT2D eigenvalue weighted by molar-refractivity contribution is 8.15. The SMILES string of the molecule is O=C(O)CC1SC(=NN=Cc2cccc(-c3ncon3)c2)NC1=O. The van der Waals surface area contributed by atoms with Crippen molar-refractivity contribution >= 4 is 35.0 Å². The van der Waals surface area contributed by atoms with Gasteiger partial charge in [-0.25, -0.2) is 0 Å². The van der Waals surface area contributed by atoms with Crippen molar-refractivity contribution < 1.29 is 19.2 Å². The Morgan fingerprint density at radius 2 is 2.38 bits per heavy atom. The number of carbonyl (C=O) groups is 2. The number of aliphatic carboxylic acids is 1. The first-order valence-electron chi connectivity index (χ1n) is 6.79. The van der Waals surface area contributed by atoms with Crippen molar-refractivity contribution in [1.29, 1.82) is 0 Å².